The third kappa shape index (κ3) is 6.44. The summed E-state index contributed by atoms with van der Waals surface area (Å²) in [6, 6.07) is 81.7. The Morgan fingerprint density at radius 1 is 0.270 bits per heavy atom. The van der Waals surface area contributed by atoms with Gasteiger partial charge in [-0.1, -0.05) is 206 Å². The van der Waals surface area contributed by atoms with Gasteiger partial charge in [0.25, 0.3) is 0 Å². The van der Waals surface area contributed by atoms with Crippen molar-refractivity contribution in [2.75, 3.05) is 0 Å². The molecule has 2 heterocycles. The minimum Gasteiger partial charge on any atom is -0.309 e. The largest absolute Gasteiger partial charge is 0.309 e. The summed E-state index contributed by atoms with van der Waals surface area (Å²) in [5.74, 6) is 1.85. The van der Waals surface area contributed by atoms with Crippen LogP contribution >= 0.6 is 0 Å². The molecule has 0 aliphatic rings. The lowest BCUT2D eigenvalue weighted by molar-refractivity contribution is 1.07. The maximum Gasteiger partial charge on any atom is 0.164 e. The number of rotatable bonds is 7. The Morgan fingerprint density at radius 2 is 0.746 bits per heavy atom. The highest BCUT2D eigenvalue weighted by Gasteiger charge is 2.18. The normalized spacial score (nSPS) is 11.5. The first kappa shape index (κ1) is 36.4. The summed E-state index contributed by atoms with van der Waals surface area (Å²) >= 11 is 0. The van der Waals surface area contributed by atoms with E-state index in [4.69, 9.17) is 15.0 Å². The van der Waals surface area contributed by atoms with Gasteiger partial charge in [0.05, 0.1) is 11.0 Å². The number of aromatic nitrogens is 4. The first-order valence-electron chi connectivity index (χ1n) is 21.4. The zero-order valence-corrected chi connectivity index (χ0v) is 34.2. The maximum atomic E-state index is 5.23. The average molecular weight is 803 g/mol. The maximum absolute atomic E-state index is 5.23. The molecule has 294 valence electrons. The molecule has 0 atom stereocenters. The van der Waals surface area contributed by atoms with Gasteiger partial charge in [0, 0.05) is 33.2 Å². The molecule has 12 aromatic rings. The first-order chi connectivity index (χ1) is 31.2. The van der Waals surface area contributed by atoms with E-state index in [0.717, 1.165) is 50.1 Å². The van der Waals surface area contributed by atoms with Crippen molar-refractivity contribution in [3.8, 4) is 73.2 Å². The third-order valence-electron chi connectivity index (χ3n) is 12.3. The monoisotopic (exact) mass is 802 g/mol. The van der Waals surface area contributed by atoms with Crippen LogP contribution in [0, 0.1) is 0 Å². The van der Waals surface area contributed by atoms with Gasteiger partial charge in [-0.05, 0) is 79.2 Å². The molecule has 0 N–H and O–H groups in total. The summed E-state index contributed by atoms with van der Waals surface area (Å²) in [6.07, 6.45) is 0. The lowest BCUT2D eigenvalue weighted by atomic mass is 9.91. The van der Waals surface area contributed by atoms with E-state index in [1.54, 1.807) is 0 Å². The number of nitrogens with zero attached hydrogens (tertiary/aromatic N) is 4. The van der Waals surface area contributed by atoms with Crippen LogP contribution in [0.2, 0.25) is 0 Å². The first-order valence-corrected chi connectivity index (χ1v) is 21.4. The van der Waals surface area contributed by atoms with Crippen LogP contribution in [0.25, 0.3) is 117 Å². The summed E-state index contributed by atoms with van der Waals surface area (Å²) in [5, 5.41) is 7.39. The Labute approximate surface area is 365 Å². The summed E-state index contributed by atoms with van der Waals surface area (Å²) in [6.45, 7) is 0. The summed E-state index contributed by atoms with van der Waals surface area (Å²) in [7, 11) is 0. The predicted octanol–water partition coefficient (Wildman–Crippen LogP) is 15.3. The molecule has 0 unspecified atom stereocenters. The van der Waals surface area contributed by atoms with Crippen molar-refractivity contribution in [1.29, 1.82) is 0 Å². The molecular weight excluding hydrogens is 765 g/mol. The molecule has 0 bridgehead atoms. The Kier molecular flexibility index (Phi) is 8.79. The second kappa shape index (κ2) is 15.2. The second-order valence-electron chi connectivity index (χ2n) is 16.0. The standard InChI is InChI=1S/C59H38N4/c1-3-14-39(15-4-1)40-28-32-45(33-29-40)57-60-58(46-34-30-43(31-35-46)50-26-13-20-44-19-12-25-49(55(44)50)41-16-5-2-6-17-41)62-59(61-57)47-21-11-22-48(38-47)63-53-27-10-9-24-52(53)56-51-23-8-7-18-42(51)36-37-54(56)63/h1-38H. The van der Waals surface area contributed by atoms with Crippen LogP contribution in [-0.2, 0) is 0 Å². The fourth-order valence-corrected chi connectivity index (χ4v) is 9.25. The van der Waals surface area contributed by atoms with E-state index in [0.29, 0.717) is 17.5 Å². The molecule has 0 spiro atoms. The van der Waals surface area contributed by atoms with Crippen molar-refractivity contribution < 1.29 is 0 Å². The summed E-state index contributed by atoms with van der Waals surface area (Å²) in [5.41, 5.74) is 13.1. The zero-order chi connectivity index (χ0) is 41.7. The van der Waals surface area contributed by atoms with Crippen LogP contribution in [0.5, 0.6) is 0 Å². The van der Waals surface area contributed by atoms with Gasteiger partial charge in [0.2, 0.25) is 0 Å². The van der Waals surface area contributed by atoms with Gasteiger partial charge in [-0.25, -0.2) is 15.0 Å². The lowest BCUT2D eigenvalue weighted by Gasteiger charge is -2.14. The fourth-order valence-electron chi connectivity index (χ4n) is 9.25. The SMILES string of the molecule is c1ccc(-c2ccc(-c3nc(-c4ccc(-c5cccc6cccc(-c7ccccc7)c56)cc4)nc(-c4cccc(-n5c6ccccc6c6c7ccccc7ccc65)c4)n3)cc2)cc1. The molecule has 10 aromatic carbocycles. The minimum absolute atomic E-state index is 0.612. The van der Waals surface area contributed by atoms with Crippen LogP contribution in [0.3, 0.4) is 0 Å². The molecule has 63 heavy (non-hydrogen) atoms. The Balaban J connectivity index is 0.993. The van der Waals surface area contributed by atoms with Crippen LogP contribution in [0.4, 0.5) is 0 Å². The highest BCUT2D eigenvalue weighted by Crippen LogP contribution is 2.39. The smallest absolute Gasteiger partial charge is 0.164 e. The zero-order valence-electron chi connectivity index (χ0n) is 34.2. The molecule has 0 radical (unpaired) electrons. The van der Waals surface area contributed by atoms with E-state index in [1.165, 1.54) is 49.0 Å². The molecule has 4 heteroatoms. The van der Waals surface area contributed by atoms with Gasteiger partial charge in [-0.15, -0.1) is 0 Å². The Morgan fingerprint density at radius 3 is 1.43 bits per heavy atom. The predicted molar refractivity (Wildman–Crippen MR) is 262 cm³/mol. The van der Waals surface area contributed by atoms with Crippen molar-refractivity contribution in [2.24, 2.45) is 0 Å². The lowest BCUT2D eigenvalue weighted by Crippen LogP contribution is -2.01. The van der Waals surface area contributed by atoms with E-state index in [9.17, 15) is 0 Å². The van der Waals surface area contributed by atoms with Crippen molar-refractivity contribution in [2.45, 2.75) is 0 Å². The molecule has 0 aliphatic heterocycles. The summed E-state index contributed by atoms with van der Waals surface area (Å²) < 4.78 is 2.36. The molecular formula is C59H38N4. The minimum atomic E-state index is 0.612. The van der Waals surface area contributed by atoms with Crippen molar-refractivity contribution in [1.82, 2.24) is 19.5 Å². The third-order valence-corrected chi connectivity index (χ3v) is 12.3. The number of hydrogen-bond donors (Lipinski definition) is 0. The molecule has 4 nitrogen and oxygen atoms in total. The second-order valence-corrected chi connectivity index (χ2v) is 16.0. The Bertz CT molecular complexity index is 3640. The number of para-hydroxylation sites is 1. The van der Waals surface area contributed by atoms with Crippen LogP contribution in [0.15, 0.2) is 231 Å². The highest BCUT2D eigenvalue weighted by atomic mass is 15.0. The quantitative estimate of drug-likeness (QED) is 0.161. The summed E-state index contributed by atoms with van der Waals surface area (Å²) in [4.78, 5) is 15.6. The van der Waals surface area contributed by atoms with Gasteiger partial charge in [-0.2, -0.15) is 0 Å². The molecule has 2 aromatic heterocycles. The van der Waals surface area contributed by atoms with Gasteiger partial charge in [0.15, 0.2) is 17.5 Å². The van der Waals surface area contributed by atoms with Gasteiger partial charge in [0.1, 0.15) is 0 Å². The van der Waals surface area contributed by atoms with E-state index in [1.807, 2.05) is 6.07 Å². The highest BCUT2D eigenvalue weighted by molar-refractivity contribution is 6.21. The molecule has 0 fully saturated rings. The Hall–Kier alpha value is -8.47. The van der Waals surface area contributed by atoms with Gasteiger partial charge >= 0.3 is 0 Å². The van der Waals surface area contributed by atoms with Crippen molar-refractivity contribution in [3.63, 3.8) is 0 Å². The topological polar surface area (TPSA) is 43.6 Å². The number of benzene rings is 10. The van der Waals surface area contributed by atoms with Gasteiger partial charge in [-0.3, -0.25) is 0 Å². The molecule has 0 saturated carbocycles. The van der Waals surface area contributed by atoms with E-state index in [2.05, 4.69) is 229 Å². The van der Waals surface area contributed by atoms with Crippen LogP contribution in [-0.4, -0.2) is 19.5 Å². The van der Waals surface area contributed by atoms with Crippen LogP contribution in [0.1, 0.15) is 0 Å². The van der Waals surface area contributed by atoms with Crippen LogP contribution < -0.4 is 0 Å². The number of hydrogen-bond acceptors (Lipinski definition) is 3. The molecule has 0 aliphatic carbocycles. The van der Waals surface area contributed by atoms with E-state index >= 15 is 0 Å². The number of fused-ring (bicyclic) bond motifs is 6. The average Bonchev–Trinajstić information content (AvgIpc) is 3.71. The molecule has 0 saturated heterocycles. The fraction of sp³-hybridized carbons (Fsp3) is 0. The van der Waals surface area contributed by atoms with E-state index in [-0.39, 0.29) is 0 Å². The van der Waals surface area contributed by atoms with E-state index < -0.39 is 0 Å². The molecule has 0 amide bonds. The molecule has 12 rings (SSSR count). The van der Waals surface area contributed by atoms with Crippen molar-refractivity contribution in [3.05, 3.63) is 231 Å². The van der Waals surface area contributed by atoms with Gasteiger partial charge < -0.3 is 4.57 Å². The van der Waals surface area contributed by atoms with Crippen molar-refractivity contribution >= 4 is 43.4 Å².